The molecule has 0 bridgehead atoms. The normalized spacial score (nSPS) is 11.5. The molecule has 0 saturated heterocycles. The highest BCUT2D eigenvalue weighted by Crippen LogP contribution is 2.29. The number of halogens is 2. The number of rotatable bonds is 10. The number of carbonyl (C=O) groups is 2. The Balaban J connectivity index is 1.64. The van der Waals surface area contributed by atoms with Crippen molar-refractivity contribution in [3.8, 4) is 16.7 Å². The molecule has 0 aliphatic carbocycles. The van der Waals surface area contributed by atoms with Gasteiger partial charge in [0.05, 0.1) is 12.0 Å². The van der Waals surface area contributed by atoms with Gasteiger partial charge in [0.25, 0.3) is 5.19 Å². The van der Waals surface area contributed by atoms with E-state index in [1.807, 2.05) is 0 Å². The van der Waals surface area contributed by atoms with Gasteiger partial charge in [-0.05, 0) is 43.5 Å². The molecule has 9 nitrogen and oxygen atoms in total. The third kappa shape index (κ3) is 7.58. The summed E-state index contributed by atoms with van der Waals surface area (Å²) in [6, 6.07) is 4.27. The van der Waals surface area contributed by atoms with Gasteiger partial charge in [-0.3, -0.25) is 10.1 Å². The predicted octanol–water partition coefficient (Wildman–Crippen LogP) is 5.35. The molecule has 0 aliphatic heterocycles. The zero-order valence-electron chi connectivity index (χ0n) is 19.7. The van der Waals surface area contributed by atoms with Crippen LogP contribution in [-0.4, -0.2) is 29.1 Å². The number of allylic oxidation sites excluding steroid dienone is 2. The molecule has 3 rings (SSSR count). The highest BCUT2D eigenvalue weighted by atomic mass is 32.1. The van der Waals surface area contributed by atoms with E-state index in [1.165, 1.54) is 44.6 Å². The monoisotopic (exact) mass is 532 g/mol. The second kappa shape index (κ2) is 12.6. The lowest BCUT2D eigenvalue weighted by Gasteiger charge is -2.05. The van der Waals surface area contributed by atoms with Crippen molar-refractivity contribution < 1.29 is 37.4 Å². The van der Waals surface area contributed by atoms with Crippen LogP contribution in [0.1, 0.15) is 40.8 Å². The lowest BCUT2D eigenvalue weighted by atomic mass is 10.0. The smallest absolute Gasteiger partial charge is 0.410 e. The first-order valence-electron chi connectivity index (χ1n) is 10.8. The Hall–Kier alpha value is -4.32. The number of thiazole rings is 1. The summed E-state index contributed by atoms with van der Waals surface area (Å²) < 4.78 is 41.4. The number of Topliss-reactive ketones (excluding diaryl/α,β-unsaturated/α-hetero) is 1. The van der Waals surface area contributed by atoms with E-state index >= 15 is 0 Å². The summed E-state index contributed by atoms with van der Waals surface area (Å²) in [5, 5.41) is 12.8. The summed E-state index contributed by atoms with van der Waals surface area (Å²) in [4.78, 5) is 40.7. The van der Waals surface area contributed by atoms with Crippen molar-refractivity contribution in [2.24, 2.45) is 0 Å². The van der Waals surface area contributed by atoms with Crippen LogP contribution in [0.4, 0.5) is 13.6 Å². The van der Waals surface area contributed by atoms with Crippen molar-refractivity contribution in [2.45, 2.75) is 26.2 Å². The van der Waals surface area contributed by atoms with Gasteiger partial charge in [0.1, 0.15) is 22.8 Å². The quantitative estimate of drug-likeness (QED) is 0.203. The summed E-state index contributed by atoms with van der Waals surface area (Å²) in [5.74, 6) is -3.05. The van der Waals surface area contributed by atoms with Gasteiger partial charge in [0.15, 0.2) is 17.4 Å². The number of nitrogens with zero attached hydrogens (tertiary/aromatic N) is 1. The maximum absolute atomic E-state index is 13.3. The fourth-order valence-corrected chi connectivity index (χ4v) is 3.81. The van der Waals surface area contributed by atoms with Crippen LogP contribution in [0.15, 0.2) is 57.5 Å². The molecule has 194 valence electrons. The largest absolute Gasteiger partial charge is 0.507 e. The number of amides is 1. The summed E-state index contributed by atoms with van der Waals surface area (Å²) in [6.45, 7) is 1.46. The number of ether oxygens (including phenoxy) is 2. The van der Waals surface area contributed by atoms with Crippen molar-refractivity contribution in [1.29, 1.82) is 0 Å². The van der Waals surface area contributed by atoms with Crippen LogP contribution in [0.2, 0.25) is 0 Å². The molecule has 2 N–H and O–H groups in total. The Morgan fingerprint density at radius 1 is 1.24 bits per heavy atom. The van der Waals surface area contributed by atoms with Crippen molar-refractivity contribution in [3.05, 3.63) is 86.6 Å². The minimum Gasteiger partial charge on any atom is -0.507 e. The molecule has 2 heterocycles. The third-order valence-electron chi connectivity index (χ3n) is 4.82. The van der Waals surface area contributed by atoms with Crippen molar-refractivity contribution in [1.82, 2.24) is 10.3 Å². The topological polar surface area (TPSA) is 128 Å². The number of methoxy groups -OCH3 is 1. The van der Waals surface area contributed by atoms with Crippen LogP contribution in [0.3, 0.4) is 0 Å². The Bertz CT molecular complexity index is 1410. The van der Waals surface area contributed by atoms with Crippen LogP contribution in [0, 0.1) is 11.6 Å². The average Bonchev–Trinajstić information content (AvgIpc) is 3.29. The van der Waals surface area contributed by atoms with Gasteiger partial charge in [-0.15, -0.1) is 0 Å². The van der Waals surface area contributed by atoms with Gasteiger partial charge in [-0.1, -0.05) is 17.4 Å². The van der Waals surface area contributed by atoms with E-state index in [0.717, 1.165) is 23.5 Å². The number of ketones is 1. The standard InChI is InChI=1S/C25H22F2N2O7S/c1-14(10-17-13-29-25(37-17)36-16-7-8-18(26)19(27)11-16)22(31)21-20(30)12-15(35-23(21)32)6-4-3-5-9-28-24(33)34-2/h5,7-13,30H,3-4,6H2,1-2H3,(H,28,33)/b9-5+,14-10?. The molecule has 0 atom stereocenters. The van der Waals surface area contributed by atoms with E-state index in [1.54, 1.807) is 6.08 Å². The average molecular weight is 533 g/mol. The molecule has 0 radical (unpaired) electrons. The lowest BCUT2D eigenvalue weighted by molar-refractivity contribution is 0.102. The van der Waals surface area contributed by atoms with Crippen molar-refractivity contribution in [2.75, 3.05) is 7.11 Å². The van der Waals surface area contributed by atoms with Gasteiger partial charge in [-0.2, -0.15) is 0 Å². The SMILES string of the molecule is COC(=O)N/C=C/CCCc1cc(O)c(C(=O)C(C)=Cc2cnc(Oc3ccc(F)c(F)c3)s2)c(=O)o1. The van der Waals surface area contributed by atoms with E-state index in [4.69, 9.17) is 9.15 Å². The van der Waals surface area contributed by atoms with Crippen LogP contribution >= 0.6 is 11.3 Å². The molecule has 1 amide bonds. The Kier molecular flexibility index (Phi) is 9.27. The molecule has 0 aliphatic rings. The van der Waals surface area contributed by atoms with E-state index < -0.39 is 40.4 Å². The maximum atomic E-state index is 13.3. The molecule has 3 aromatic rings. The number of carbonyl (C=O) groups excluding carboxylic acids is 2. The number of hydrogen-bond donors (Lipinski definition) is 2. The molecule has 2 aromatic heterocycles. The number of unbranched alkanes of at least 4 members (excludes halogenated alkanes) is 1. The van der Waals surface area contributed by atoms with Gasteiger partial charge in [-0.25, -0.2) is 23.4 Å². The Morgan fingerprint density at radius 2 is 2.03 bits per heavy atom. The van der Waals surface area contributed by atoms with E-state index in [-0.39, 0.29) is 22.3 Å². The number of aromatic hydroxyl groups is 1. The van der Waals surface area contributed by atoms with Crippen LogP contribution in [0.25, 0.3) is 6.08 Å². The van der Waals surface area contributed by atoms with Crippen LogP contribution < -0.4 is 15.7 Å². The number of aryl methyl sites for hydroxylation is 1. The van der Waals surface area contributed by atoms with Gasteiger partial charge in [0, 0.05) is 31.0 Å². The van der Waals surface area contributed by atoms with Gasteiger partial charge < -0.3 is 19.0 Å². The fraction of sp³-hybridized carbons (Fsp3) is 0.200. The zero-order valence-corrected chi connectivity index (χ0v) is 20.6. The molecule has 37 heavy (non-hydrogen) atoms. The highest BCUT2D eigenvalue weighted by molar-refractivity contribution is 7.14. The Morgan fingerprint density at radius 3 is 2.73 bits per heavy atom. The molecular formula is C25H22F2N2O7S. The first-order chi connectivity index (χ1) is 17.7. The number of nitrogens with one attached hydrogen (secondary N) is 1. The fourth-order valence-electron chi connectivity index (χ4n) is 3.03. The van der Waals surface area contributed by atoms with Gasteiger partial charge in [0.2, 0.25) is 0 Å². The third-order valence-corrected chi connectivity index (χ3v) is 5.65. The predicted molar refractivity (Wildman–Crippen MR) is 131 cm³/mol. The minimum absolute atomic E-state index is 0.0491. The number of hydrogen-bond acceptors (Lipinski definition) is 9. The molecular weight excluding hydrogens is 510 g/mol. The van der Waals surface area contributed by atoms with E-state index in [0.29, 0.717) is 24.1 Å². The Labute approximate surface area is 213 Å². The summed E-state index contributed by atoms with van der Waals surface area (Å²) >= 11 is 1.03. The van der Waals surface area contributed by atoms with Crippen molar-refractivity contribution >= 4 is 29.3 Å². The number of aromatic nitrogens is 1. The zero-order chi connectivity index (χ0) is 26.9. The maximum Gasteiger partial charge on any atom is 0.410 e. The van der Waals surface area contributed by atoms with Gasteiger partial charge >= 0.3 is 11.7 Å². The van der Waals surface area contributed by atoms with E-state index in [2.05, 4.69) is 15.0 Å². The summed E-state index contributed by atoms with van der Waals surface area (Å²) in [7, 11) is 1.25. The number of benzene rings is 1. The summed E-state index contributed by atoms with van der Waals surface area (Å²) in [5.41, 5.74) is -1.34. The second-order valence-electron chi connectivity index (χ2n) is 7.55. The minimum atomic E-state index is -1.06. The molecule has 1 aromatic carbocycles. The highest BCUT2D eigenvalue weighted by Gasteiger charge is 2.21. The van der Waals surface area contributed by atoms with Crippen LogP contribution in [0.5, 0.6) is 16.7 Å². The molecule has 12 heteroatoms. The van der Waals surface area contributed by atoms with Crippen LogP contribution in [-0.2, 0) is 11.2 Å². The molecule has 0 unspecified atom stereocenters. The first kappa shape index (κ1) is 27.3. The lowest BCUT2D eigenvalue weighted by Crippen LogP contribution is -2.16. The van der Waals surface area contributed by atoms with Crippen molar-refractivity contribution in [3.63, 3.8) is 0 Å². The molecule has 0 saturated carbocycles. The van der Waals surface area contributed by atoms with E-state index in [9.17, 15) is 28.3 Å². The number of alkyl carbamates (subject to hydrolysis) is 1. The molecule has 0 fully saturated rings. The second-order valence-corrected chi connectivity index (χ2v) is 8.58. The first-order valence-corrected chi connectivity index (χ1v) is 11.7. The summed E-state index contributed by atoms with van der Waals surface area (Å²) in [6.07, 6.45) is 6.78. The molecule has 0 spiro atoms.